The molecule has 2 fully saturated rings. The number of piperidine rings is 1. The number of carbonyl (C=O) groups is 1. The van der Waals surface area contributed by atoms with Crippen LogP contribution in [0.1, 0.15) is 49.3 Å². The van der Waals surface area contributed by atoms with Crippen molar-refractivity contribution in [3.8, 4) is 11.5 Å². The van der Waals surface area contributed by atoms with Crippen LogP contribution in [0.25, 0.3) is 10.8 Å². The number of carboxylic acid groups (broad SMARTS) is 1. The first-order valence-electron chi connectivity index (χ1n) is 16.7. The third-order valence-corrected chi connectivity index (χ3v) is 8.79. The van der Waals surface area contributed by atoms with Crippen LogP contribution in [0.4, 0.5) is 4.79 Å². The lowest BCUT2D eigenvalue weighted by atomic mass is 9.87. The van der Waals surface area contributed by atoms with Crippen LogP contribution in [0.3, 0.4) is 0 Å². The predicted molar refractivity (Wildman–Crippen MR) is 183 cm³/mol. The summed E-state index contributed by atoms with van der Waals surface area (Å²) >= 11 is 0. The molecule has 0 spiro atoms. The molecule has 0 unspecified atom stereocenters. The molecule has 48 heavy (non-hydrogen) atoms. The molecule has 2 heterocycles. The number of nitrogens with zero attached hydrogens (tertiary/aromatic N) is 1. The molecule has 2 aliphatic rings. The Morgan fingerprint density at radius 3 is 2.44 bits per heavy atom. The number of benzene rings is 4. The van der Waals surface area contributed by atoms with Gasteiger partial charge in [-0.1, -0.05) is 60.7 Å². The maximum Gasteiger partial charge on any atom is 0.407 e. The molecule has 0 radical (unpaired) electrons. The summed E-state index contributed by atoms with van der Waals surface area (Å²) in [6.07, 6.45) is 0.163. The first kappa shape index (κ1) is 33.7. The number of ether oxygens (including phenoxy) is 6. The van der Waals surface area contributed by atoms with Gasteiger partial charge >= 0.3 is 6.09 Å². The number of rotatable bonds is 14. The van der Waals surface area contributed by atoms with Crippen molar-refractivity contribution in [2.75, 3.05) is 39.5 Å². The average Bonchev–Trinajstić information content (AvgIpc) is 3.46. The minimum Gasteiger partial charge on any atom is -0.494 e. The standard InChI is InChI=1S/C39H45NO8/c1-39(2)47-27-35(48-39)26-45-34-16-11-30-10-9-29(21-32(30)22-34)25-46-37-23-40(38(41)42)18-17-36(37)31-12-14-33(15-13-31)44-20-6-19-43-24-28-7-4-3-5-8-28/h3-5,7-16,21-22,35-37H,6,17-20,23-27H2,1-2H3,(H,41,42)/t35-,36+,37-/m0/s1. The molecule has 0 aromatic heterocycles. The minimum atomic E-state index is -0.921. The quantitative estimate of drug-likeness (QED) is 0.140. The van der Waals surface area contributed by atoms with Gasteiger partial charge in [-0.25, -0.2) is 4.79 Å². The number of fused-ring (bicyclic) bond motifs is 1. The minimum absolute atomic E-state index is 0.0632. The number of likely N-dealkylation sites (tertiary alicyclic amines) is 1. The Bertz CT molecular complexity index is 1630. The van der Waals surface area contributed by atoms with E-state index in [4.69, 9.17) is 28.4 Å². The van der Waals surface area contributed by atoms with Crippen LogP contribution >= 0.6 is 0 Å². The lowest BCUT2D eigenvalue weighted by Crippen LogP contribution is -2.46. The molecule has 1 N–H and O–H groups in total. The SMILES string of the molecule is CC1(C)OC[C@H](COc2ccc3ccc(CO[C@H]4CN(C(=O)O)CC[C@@H]4c4ccc(OCCCOCc5ccccc5)cc4)cc3c2)O1. The molecule has 3 atom stereocenters. The highest BCUT2D eigenvalue weighted by Gasteiger charge is 2.34. The van der Waals surface area contributed by atoms with Gasteiger partial charge in [-0.05, 0) is 78.1 Å². The van der Waals surface area contributed by atoms with Gasteiger partial charge in [0.05, 0.1) is 45.7 Å². The molecule has 254 valence electrons. The lowest BCUT2D eigenvalue weighted by Gasteiger charge is -2.37. The molecule has 2 aliphatic heterocycles. The van der Waals surface area contributed by atoms with Gasteiger partial charge in [0.1, 0.15) is 24.2 Å². The monoisotopic (exact) mass is 655 g/mol. The van der Waals surface area contributed by atoms with Crippen molar-refractivity contribution in [3.63, 3.8) is 0 Å². The Morgan fingerprint density at radius 1 is 0.875 bits per heavy atom. The summed E-state index contributed by atoms with van der Waals surface area (Å²) < 4.78 is 35.7. The zero-order valence-corrected chi connectivity index (χ0v) is 27.7. The van der Waals surface area contributed by atoms with Gasteiger partial charge in [-0.2, -0.15) is 0 Å². The first-order chi connectivity index (χ1) is 23.3. The lowest BCUT2D eigenvalue weighted by molar-refractivity contribution is -0.141. The van der Waals surface area contributed by atoms with Crippen LogP contribution in [0.15, 0.2) is 91.0 Å². The van der Waals surface area contributed by atoms with Crippen molar-refractivity contribution in [1.29, 1.82) is 0 Å². The second kappa shape index (κ2) is 15.8. The van der Waals surface area contributed by atoms with Crippen LogP contribution in [0.2, 0.25) is 0 Å². The third-order valence-electron chi connectivity index (χ3n) is 8.79. The third kappa shape index (κ3) is 9.26. The Balaban J connectivity index is 1.03. The second-order valence-electron chi connectivity index (χ2n) is 12.9. The van der Waals surface area contributed by atoms with E-state index in [0.717, 1.165) is 45.4 Å². The summed E-state index contributed by atoms with van der Waals surface area (Å²) in [5.74, 6) is 1.05. The zero-order chi connectivity index (χ0) is 33.3. The molecular weight excluding hydrogens is 610 g/mol. The maximum absolute atomic E-state index is 11.9. The molecule has 0 aliphatic carbocycles. The molecule has 9 heteroatoms. The summed E-state index contributed by atoms with van der Waals surface area (Å²) in [4.78, 5) is 13.3. The molecule has 4 aromatic carbocycles. The van der Waals surface area contributed by atoms with Crippen molar-refractivity contribution >= 4 is 16.9 Å². The molecule has 4 aromatic rings. The smallest absolute Gasteiger partial charge is 0.407 e. The van der Waals surface area contributed by atoms with Crippen molar-refractivity contribution in [2.24, 2.45) is 0 Å². The normalized spacial score (nSPS) is 20.5. The molecule has 2 saturated heterocycles. The highest BCUT2D eigenvalue weighted by atomic mass is 16.7. The van der Waals surface area contributed by atoms with E-state index in [1.54, 1.807) is 0 Å². The molecular formula is C39H45NO8. The summed E-state index contributed by atoms with van der Waals surface area (Å²) in [5.41, 5.74) is 3.29. The highest BCUT2D eigenvalue weighted by Crippen LogP contribution is 2.33. The van der Waals surface area contributed by atoms with E-state index in [9.17, 15) is 9.90 Å². The van der Waals surface area contributed by atoms with Crippen LogP contribution in [-0.4, -0.2) is 73.6 Å². The van der Waals surface area contributed by atoms with Gasteiger partial charge in [0.2, 0.25) is 0 Å². The Kier molecular flexibility index (Phi) is 11.1. The van der Waals surface area contributed by atoms with Crippen molar-refractivity contribution in [3.05, 3.63) is 108 Å². The van der Waals surface area contributed by atoms with Gasteiger partial charge in [-0.15, -0.1) is 0 Å². The van der Waals surface area contributed by atoms with Crippen molar-refractivity contribution < 1.29 is 38.3 Å². The van der Waals surface area contributed by atoms with E-state index in [1.807, 2.05) is 62.4 Å². The summed E-state index contributed by atoms with van der Waals surface area (Å²) in [6, 6.07) is 30.5. The van der Waals surface area contributed by atoms with Crippen LogP contribution in [-0.2, 0) is 32.2 Å². The van der Waals surface area contributed by atoms with Gasteiger partial charge < -0.3 is 38.4 Å². The Morgan fingerprint density at radius 2 is 1.67 bits per heavy atom. The van der Waals surface area contributed by atoms with E-state index in [-0.39, 0.29) is 18.1 Å². The number of hydrogen-bond donors (Lipinski definition) is 1. The molecule has 1 amide bonds. The van der Waals surface area contributed by atoms with E-state index in [0.29, 0.717) is 59.2 Å². The Labute approximate surface area is 282 Å². The summed E-state index contributed by atoms with van der Waals surface area (Å²) in [5, 5.41) is 11.9. The van der Waals surface area contributed by atoms with Crippen LogP contribution < -0.4 is 9.47 Å². The van der Waals surface area contributed by atoms with Gasteiger partial charge in [0, 0.05) is 18.9 Å². The fraction of sp³-hybridized carbons (Fsp3) is 0.410. The van der Waals surface area contributed by atoms with Gasteiger partial charge in [0.15, 0.2) is 5.79 Å². The van der Waals surface area contributed by atoms with Crippen molar-refractivity contribution in [2.45, 2.75) is 63.8 Å². The van der Waals surface area contributed by atoms with E-state index < -0.39 is 11.9 Å². The van der Waals surface area contributed by atoms with Gasteiger partial charge in [0.25, 0.3) is 0 Å². The van der Waals surface area contributed by atoms with E-state index in [2.05, 4.69) is 42.5 Å². The summed E-state index contributed by atoms with van der Waals surface area (Å²) in [6.45, 7) is 7.67. The number of hydrogen-bond acceptors (Lipinski definition) is 7. The second-order valence-corrected chi connectivity index (χ2v) is 12.9. The number of amides is 1. The highest BCUT2D eigenvalue weighted by molar-refractivity contribution is 5.84. The van der Waals surface area contributed by atoms with Crippen LogP contribution in [0, 0.1) is 0 Å². The fourth-order valence-corrected chi connectivity index (χ4v) is 6.26. The average molecular weight is 656 g/mol. The largest absolute Gasteiger partial charge is 0.494 e. The first-order valence-corrected chi connectivity index (χ1v) is 16.7. The fourth-order valence-electron chi connectivity index (χ4n) is 6.26. The summed E-state index contributed by atoms with van der Waals surface area (Å²) in [7, 11) is 0. The van der Waals surface area contributed by atoms with E-state index >= 15 is 0 Å². The molecule has 9 nitrogen and oxygen atoms in total. The van der Waals surface area contributed by atoms with E-state index in [1.165, 1.54) is 4.90 Å². The van der Waals surface area contributed by atoms with Crippen LogP contribution in [0.5, 0.6) is 11.5 Å². The molecule has 6 rings (SSSR count). The molecule has 0 bridgehead atoms. The zero-order valence-electron chi connectivity index (χ0n) is 27.7. The molecule has 0 saturated carbocycles. The Hall–Kier alpha value is -4.15. The maximum atomic E-state index is 11.9. The topological polar surface area (TPSA) is 95.9 Å². The van der Waals surface area contributed by atoms with Crippen molar-refractivity contribution in [1.82, 2.24) is 4.90 Å². The predicted octanol–water partition coefficient (Wildman–Crippen LogP) is 7.41. The van der Waals surface area contributed by atoms with Gasteiger partial charge in [-0.3, -0.25) is 0 Å².